The average molecular weight is 617 g/mol. The molecule has 0 atom stereocenters. The molecule has 0 spiro atoms. The molecule has 2 amide bonds. The lowest BCUT2D eigenvalue weighted by Gasteiger charge is -2.30. The summed E-state index contributed by atoms with van der Waals surface area (Å²) in [6.45, 7) is 3.67. The Morgan fingerprint density at radius 3 is 2.62 bits per heavy atom. The quantitative estimate of drug-likeness (QED) is 0.300. The molecule has 13 heteroatoms. The molecule has 1 fully saturated rings. The number of fused-ring (bicyclic) bond motifs is 2. The van der Waals surface area contributed by atoms with Crippen LogP contribution in [0.25, 0.3) is 20.8 Å². The van der Waals surface area contributed by atoms with Crippen LogP contribution in [0.4, 0.5) is 9.80 Å². The summed E-state index contributed by atoms with van der Waals surface area (Å²) in [5, 5.41) is 6.50. The van der Waals surface area contributed by atoms with E-state index in [1.807, 2.05) is 24.3 Å². The summed E-state index contributed by atoms with van der Waals surface area (Å²) in [4.78, 5) is 33.5. The second-order valence-corrected chi connectivity index (χ2v) is 14.9. The molecule has 9 nitrogen and oxygen atoms in total. The molecule has 0 unspecified atom stereocenters. The molecule has 6 rings (SSSR count). The van der Waals surface area contributed by atoms with Gasteiger partial charge in [-0.05, 0) is 55.3 Å². The Hall–Kier alpha value is -2.84. The van der Waals surface area contributed by atoms with E-state index in [9.17, 15) is 18.0 Å². The minimum Gasteiger partial charge on any atom is -0.450 e. The number of anilines is 1. The summed E-state index contributed by atoms with van der Waals surface area (Å²) in [5.41, 5.74) is 2.94. The highest BCUT2D eigenvalue weighted by molar-refractivity contribution is 7.91. The van der Waals surface area contributed by atoms with Crippen LogP contribution in [0.5, 0.6) is 0 Å². The second-order valence-electron chi connectivity index (χ2n) is 9.66. The van der Waals surface area contributed by atoms with Gasteiger partial charge in [0, 0.05) is 36.0 Å². The van der Waals surface area contributed by atoms with Gasteiger partial charge in [-0.15, -0.1) is 34.0 Å². The van der Waals surface area contributed by atoms with Gasteiger partial charge in [-0.25, -0.2) is 18.2 Å². The molecule has 1 saturated heterocycles. The van der Waals surface area contributed by atoms with E-state index in [0.29, 0.717) is 56.3 Å². The minimum absolute atomic E-state index is 0.114. The summed E-state index contributed by atoms with van der Waals surface area (Å²) >= 11 is 4.28. The highest BCUT2D eigenvalue weighted by atomic mass is 32.2. The highest BCUT2D eigenvalue weighted by Crippen LogP contribution is 2.46. The van der Waals surface area contributed by atoms with Crippen LogP contribution in [0.1, 0.15) is 30.2 Å². The first-order valence-electron chi connectivity index (χ1n) is 13.1. The number of carbonyl (C=O) groups excluding carboxylic acids is 2. The molecule has 2 aliphatic heterocycles. The number of aromatic nitrogens is 1. The van der Waals surface area contributed by atoms with Crippen LogP contribution in [0.3, 0.4) is 0 Å². The number of nitrogens with zero attached hydrogens (tertiary/aromatic N) is 3. The zero-order valence-electron chi connectivity index (χ0n) is 21.8. The molecular formula is C27H28N4O5S4. The molecule has 40 heavy (non-hydrogen) atoms. The molecule has 0 aliphatic carbocycles. The first kappa shape index (κ1) is 27.3. The Labute approximate surface area is 244 Å². The lowest BCUT2D eigenvalue weighted by atomic mass is 9.97. The third kappa shape index (κ3) is 5.16. The molecule has 3 aromatic heterocycles. The summed E-state index contributed by atoms with van der Waals surface area (Å²) in [6.07, 6.45) is 1.21. The number of carbonyl (C=O) groups is 2. The van der Waals surface area contributed by atoms with Crippen LogP contribution in [0, 0.1) is 5.92 Å². The predicted molar refractivity (Wildman–Crippen MR) is 159 cm³/mol. The van der Waals surface area contributed by atoms with Crippen LogP contribution in [0.15, 0.2) is 46.0 Å². The Kier molecular flexibility index (Phi) is 7.66. The van der Waals surface area contributed by atoms with Crippen molar-refractivity contribution in [2.45, 2.75) is 36.9 Å². The second kappa shape index (κ2) is 11.2. The van der Waals surface area contributed by atoms with Gasteiger partial charge in [0.2, 0.25) is 5.91 Å². The largest absolute Gasteiger partial charge is 0.450 e. The van der Waals surface area contributed by atoms with Gasteiger partial charge in [-0.1, -0.05) is 18.2 Å². The number of hydrogen-bond donors (Lipinski definition) is 1. The van der Waals surface area contributed by atoms with Gasteiger partial charge in [0.25, 0.3) is 10.0 Å². The number of rotatable bonds is 6. The maximum Gasteiger partial charge on any atom is 0.410 e. The first-order valence-corrected chi connectivity index (χ1v) is 17.1. The van der Waals surface area contributed by atoms with Gasteiger partial charge in [0.1, 0.15) is 14.2 Å². The number of amides is 2. The number of ether oxygens (including phenoxy) is 1. The number of para-hydroxylation sites is 1. The van der Waals surface area contributed by atoms with Crippen LogP contribution in [-0.2, 0) is 32.5 Å². The lowest BCUT2D eigenvalue weighted by molar-refractivity contribution is -0.120. The highest BCUT2D eigenvalue weighted by Gasteiger charge is 2.34. The molecule has 5 heterocycles. The molecule has 2 aliphatic rings. The van der Waals surface area contributed by atoms with Crippen molar-refractivity contribution in [3.63, 3.8) is 0 Å². The van der Waals surface area contributed by atoms with Gasteiger partial charge in [0.15, 0.2) is 0 Å². The van der Waals surface area contributed by atoms with E-state index >= 15 is 0 Å². The zero-order valence-corrected chi connectivity index (χ0v) is 25.1. The smallest absolute Gasteiger partial charge is 0.410 e. The van der Waals surface area contributed by atoms with E-state index in [4.69, 9.17) is 9.72 Å². The van der Waals surface area contributed by atoms with Gasteiger partial charge >= 0.3 is 6.09 Å². The molecule has 4 aromatic rings. The fourth-order valence-corrected chi connectivity index (χ4v) is 10.2. The van der Waals surface area contributed by atoms with E-state index in [1.165, 1.54) is 27.0 Å². The van der Waals surface area contributed by atoms with Crippen molar-refractivity contribution < 1.29 is 22.7 Å². The van der Waals surface area contributed by atoms with Crippen LogP contribution >= 0.6 is 34.0 Å². The topological polar surface area (TPSA) is 109 Å². The Balaban J connectivity index is 1.25. The van der Waals surface area contributed by atoms with Gasteiger partial charge in [-0.2, -0.15) is 4.31 Å². The van der Waals surface area contributed by atoms with Crippen molar-refractivity contribution >= 4 is 71.3 Å². The van der Waals surface area contributed by atoms with E-state index in [-0.39, 0.29) is 17.9 Å². The number of piperidine rings is 1. The van der Waals surface area contributed by atoms with Crippen molar-refractivity contribution in [1.29, 1.82) is 0 Å². The third-order valence-electron chi connectivity index (χ3n) is 7.24. The molecule has 0 radical (unpaired) electrons. The summed E-state index contributed by atoms with van der Waals surface area (Å²) in [5.74, 6) is -0.412. The molecular weight excluding hydrogens is 589 g/mol. The molecule has 1 aromatic carbocycles. The van der Waals surface area contributed by atoms with E-state index in [0.717, 1.165) is 36.2 Å². The summed E-state index contributed by atoms with van der Waals surface area (Å²) < 4.78 is 33.9. The van der Waals surface area contributed by atoms with Crippen molar-refractivity contribution in [2.75, 3.05) is 31.6 Å². The van der Waals surface area contributed by atoms with Gasteiger partial charge in [-0.3, -0.25) is 4.79 Å². The van der Waals surface area contributed by atoms with E-state index < -0.39 is 10.0 Å². The average Bonchev–Trinajstić information content (AvgIpc) is 3.71. The Morgan fingerprint density at radius 1 is 1.10 bits per heavy atom. The number of sulfonamides is 1. The SMILES string of the molecule is CCOC(=O)N1CCc2c(sc(NC(=O)C3CCN(S(=O)(=O)c4cccs4)CC3)c2-c2nc3ccccc3s2)C1. The number of hydrogen-bond acceptors (Lipinski definition) is 9. The fourth-order valence-electron chi connectivity index (χ4n) is 5.18. The Morgan fingerprint density at radius 2 is 1.90 bits per heavy atom. The normalized spacial score (nSPS) is 16.7. The first-order chi connectivity index (χ1) is 19.3. The van der Waals surface area contributed by atoms with E-state index in [2.05, 4.69) is 5.32 Å². The number of benzene rings is 1. The van der Waals surface area contributed by atoms with E-state index in [1.54, 1.807) is 40.7 Å². The standard InChI is InChI=1S/C27H28N4O5S4/c1-2-36-27(33)30-12-11-18-21(16-30)39-26(23(18)25-28-19-6-3-4-7-20(19)38-25)29-24(32)17-9-13-31(14-10-17)40(34,35)22-8-5-15-37-22/h3-8,15,17H,2,9-14,16H2,1H3,(H,29,32). The van der Waals surface area contributed by atoms with Crippen molar-refractivity contribution in [2.24, 2.45) is 5.92 Å². The molecule has 1 N–H and O–H groups in total. The third-order valence-corrected chi connectivity index (χ3v) is 12.7. The molecule has 0 saturated carbocycles. The summed E-state index contributed by atoms with van der Waals surface area (Å²) in [6, 6.07) is 11.3. The number of thiazole rings is 1. The molecule has 0 bridgehead atoms. The lowest BCUT2D eigenvalue weighted by Crippen LogP contribution is -2.41. The summed E-state index contributed by atoms with van der Waals surface area (Å²) in [7, 11) is -3.53. The predicted octanol–water partition coefficient (Wildman–Crippen LogP) is 5.64. The van der Waals surface area contributed by atoms with Crippen molar-refractivity contribution in [3.05, 3.63) is 52.2 Å². The Bertz CT molecular complexity index is 1620. The maximum absolute atomic E-state index is 13.5. The molecule has 210 valence electrons. The van der Waals surface area contributed by atoms with Crippen LogP contribution in [-0.4, -0.2) is 60.8 Å². The zero-order chi connectivity index (χ0) is 27.9. The number of nitrogens with one attached hydrogen (secondary N) is 1. The van der Waals surface area contributed by atoms with Gasteiger partial charge in [0.05, 0.1) is 23.4 Å². The fraction of sp³-hybridized carbons (Fsp3) is 0.370. The van der Waals surface area contributed by atoms with Crippen LogP contribution < -0.4 is 5.32 Å². The number of thiophene rings is 2. The minimum atomic E-state index is -3.53. The monoisotopic (exact) mass is 616 g/mol. The van der Waals surface area contributed by atoms with Gasteiger partial charge < -0.3 is 15.0 Å². The maximum atomic E-state index is 13.5. The van der Waals surface area contributed by atoms with Crippen molar-refractivity contribution in [1.82, 2.24) is 14.2 Å². The van der Waals surface area contributed by atoms with Crippen molar-refractivity contribution in [3.8, 4) is 10.6 Å². The van der Waals surface area contributed by atoms with Crippen LogP contribution in [0.2, 0.25) is 0 Å².